The van der Waals surface area contributed by atoms with E-state index in [0.717, 1.165) is 30.1 Å². The lowest BCUT2D eigenvalue weighted by Gasteiger charge is -2.18. The monoisotopic (exact) mass is 357 g/mol. The highest BCUT2D eigenvalue weighted by atomic mass is 35.5. The van der Waals surface area contributed by atoms with E-state index in [1.807, 2.05) is 12.1 Å². The van der Waals surface area contributed by atoms with E-state index < -0.39 is 0 Å². The zero-order chi connectivity index (χ0) is 17.6. The van der Waals surface area contributed by atoms with E-state index in [1.54, 1.807) is 37.6 Å². The van der Waals surface area contributed by atoms with E-state index in [2.05, 4.69) is 21.5 Å². The number of nitrogens with zero attached hydrogens (tertiary/aromatic N) is 2. The molecule has 0 aliphatic carbocycles. The largest absolute Gasteiger partial charge is 0.496 e. The van der Waals surface area contributed by atoms with Crippen LogP contribution in [-0.4, -0.2) is 32.3 Å². The highest BCUT2D eigenvalue weighted by Gasteiger charge is 2.14. The Morgan fingerprint density at radius 2 is 1.92 bits per heavy atom. The van der Waals surface area contributed by atoms with Crippen molar-refractivity contribution in [2.75, 3.05) is 25.1 Å². The number of amides is 1. The Morgan fingerprint density at radius 1 is 1.20 bits per heavy atom. The van der Waals surface area contributed by atoms with Gasteiger partial charge in [-0.25, -0.2) is 5.43 Å². The molecule has 130 valence electrons. The molecule has 0 aromatic heterocycles. The van der Waals surface area contributed by atoms with Crippen molar-refractivity contribution in [1.29, 1.82) is 0 Å². The summed E-state index contributed by atoms with van der Waals surface area (Å²) in [6.07, 6.45) is 4.03. The zero-order valence-electron chi connectivity index (χ0n) is 14.0. The Hall–Kier alpha value is -2.53. The maximum absolute atomic E-state index is 12.0. The van der Waals surface area contributed by atoms with Gasteiger partial charge in [0.05, 0.1) is 13.3 Å². The fourth-order valence-corrected chi connectivity index (χ4v) is 2.93. The number of anilines is 1. The number of carbonyl (C=O) groups is 1. The first kappa shape index (κ1) is 17.3. The molecule has 2 aromatic rings. The number of hydrogen-bond acceptors (Lipinski definition) is 4. The van der Waals surface area contributed by atoms with E-state index in [1.165, 1.54) is 12.8 Å². The number of hydrogen-bond donors (Lipinski definition) is 1. The Bertz CT molecular complexity index is 769. The van der Waals surface area contributed by atoms with Crippen molar-refractivity contribution in [3.8, 4) is 5.75 Å². The van der Waals surface area contributed by atoms with Crippen LogP contribution in [0.1, 0.15) is 28.8 Å². The van der Waals surface area contributed by atoms with Gasteiger partial charge in [0, 0.05) is 41.0 Å². The van der Waals surface area contributed by atoms with E-state index in [0.29, 0.717) is 10.6 Å². The normalized spacial score (nSPS) is 14.1. The van der Waals surface area contributed by atoms with Crippen LogP contribution in [0.3, 0.4) is 0 Å². The summed E-state index contributed by atoms with van der Waals surface area (Å²) in [6.45, 7) is 2.15. The first-order chi connectivity index (χ1) is 12.2. The first-order valence-corrected chi connectivity index (χ1v) is 8.57. The summed E-state index contributed by atoms with van der Waals surface area (Å²) in [6, 6.07) is 12.6. The lowest BCUT2D eigenvalue weighted by molar-refractivity contribution is 0.0955. The minimum absolute atomic E-state index is 0.291. The van der Waals surface area contributed by atoms with Gasteiger partial charge in [-0.1, -0.05) is 11.6 Å². The van der Waals surface area contributed by atoms with Crippen LogP contribution in [0.5, 0.6) is 5.75 Å². The van der Waals surface area contributed by atoms with Crippen molar-refractivity contribution in [3.63, 3.8) is 0 Å². The highest BCUT2D eigenvalue weighted by Crippen LogP contribution is 2.27. The number of rotatable bonds is 5. The SMILES string of the molecule is COc1cc(N2CCCC2)ccc1/C=N\NC(=O)c1ccc(Cl)cc1. The van der Waals surface area contributed by atoms with Crippen LogP contribution in [0.15, 0.2) is 47.6 Å². The minimum atomic E-state index is -0.291. The third-order valence-electron chi connectivity index (χ3n) is 4.16. The zero-order valence-corrected chi connectivity index (χ0v) is 14.8. The Kier molecular flexibility index (Phi) is 5.56. The molecule has 2 aromatic carbocycles. The second-order valence-corrected chi connectivity index (χ2v) is 6.26. The molecule has 1 fully saturated rings. The lowest BCUT2D eigenvalue weighted by atomic mass is 10.2. The van der Waals surface area contributed by atoms with Gasteiger partial charge in [0.15, 0.2) is 0 Å². The van der Waals surface area contributed by atoms with E-state index in [9.17, 15) is 4.79 Å². The molecule has 0 spiro atoms. The van der Waals surface area contributed by atoms with Gasteiger partial charge in [-0.2, -0.15) is 5.10 Å². The first-order valence-electron chi connectivity index (χ1n) is 8.19. The van der Waals surface area contributed by atoms with E-state index >= 15 is 0 Å². The van der Waals surface area contributed by atoms with Crippen LogP contribution in [0.4, 0.5) is 5.69 Å². The summed E-state index contributed by atoms with van der Waals surface area (Å²) in [7, 11) is 1.63. The standard InChI is InChI=1S/C19H20ClN3O2/c1-25-18-12-17(23-10-2-3-11-23)9-6-15(18)13-21-22-19(24)14-4-7-16(20)8-5-14/h4-9,12-13H,2-3,10-11H2,1H3,(H,22,24)/b21-13-. The van der Waals surface area contributed by atoms with Crippen LogP contribution in [-0.2, 0) is 0 Å². The topological polar surface area (TPSA) is 53.9 Å². The van der Waals surface area contributed by atoms with Crippen LogP contribution in [0, 0.1) is 0 Å². The van der Waals surface area contributed by atoms with Crippen LogP contribution >= 0.6 is 11.6 Å². The molecule has 1 aliphatic heterocycles. The number of benzene rings is 2. The molecule has 5 nitrogen and oxygen atoms in total. The maximum atomic E-state index is 12.0. The number of ether oxygens (including phenoxy) is 1. The number of halogens is 1. The second-order valence-electron chi connectivity index (χ2n) is 5.83. The third-order valence-corrected chi connectivity index (χ3v) is 4.42. The highest BCUT2D eigenvalue weighted by molar-refractivity contribution is 6.30. The molecule has 0 saturated carbocycles. The molecule has 1 amide bonds. The predicted molar refractivity (Wildman–Crippen MR) is 101 cm³/mol. The van der Waals surface area contributed by atoms with Gasteiger partial charge in [-0.15, -0.1) is 0 Å². The average molecular weight is 358 g/mol. The predicted octanol–water partition coefficient (Wildman–Crippen LogP) is 3.71. The van der Waals surface area contributed by atoms with Gasteiger partial charge in [0.25, 0.3) is 5.91 Å². The average Bonchev–Trinajstić information content (AvgIpc) is 3.17. The molecule has 3 rings (SSSR count). The van der Waals surface area contributed by atoms with Gasteiger partial charge >= 0.3 is 0 Å². The Labute approximate surface area is 152 Å². The molecular weight excluding hydrogens is 338 g/mol. The van der Waals surface area contributed by atoms with Crippen molar-refractivity contribution < 1.29 is 9.53 Å². The molecule has 1 saturated heterocycles. The molecular formula is C19H20ClN3O2. The summed E-state index contributed by atoms with van der Waals surface area (Å²) in [5.74, 6) is 0.439. The molecule has 1 aliphatic rings. The lowest BCUT2D eigenvalue weighted by Crippen LogP contribution is -2.18. The van der Waals surface area contributed by atoms with E-state index in [-0.39, 0.29) is 5.91 Å². The molecule has 1 heterocycles. The second kappa shape index (κ2) is 8.03. The van der Waals surface area contributed by atoms with Crippen LogP contribution in [0.25, 0.3) is 0 Å². The Balaban J connectivity index is 1.67. The van der Waals surface area contributed by atoms with Gasteiger partial charge < -0.3 is 9.64 Å². The molecule has 0 radical (unpaired) electrons. The molecule has 25 heavy (non-hydrogen) atoms. The quantitative estimate of drug-likeness (QED) is 0.655. The number of carbonyl (C=O) groups excluding carboxylic acids is 1. The molecule has 6 heteroatoms. The number of nitrogens with one attached hydrogen (secondary N) is 1. The molecule has 0 unspecified atom stereocenters. The van der Waals surface area contributed by atoms with Gasteiger partial charge in [-0.05, 0) is 49.2 Å². The van der Waals surface area contributed by atoms with Crippen LogP contribution < -0.4 is 15.1 Å². The van der Waals surface area contributed by atoms with Gasteiger partial charge in [0.2, 0.25) is 0 Å². The van der Waals surface area contributed by atoms with Crippen molar-refractivity contribution >= 4 is 29.4 Å². The Morgan fingerprint density at radius 3 is 2.60 bits per heavy atom. The van der Waals surface area contributed by atoms with Crippen molar-refractivity contribution in [3.05, 3.63) is 58.6 Å². The van der Waals surface area contributed by atoms with E-state index in [4.69, 9.17) is 16.3 Å². The summed E-state index contributed by atoms with van der Waals surface area (Å²) in [5.41, 5.74) is 4.96. The number of hydrazone groups is 1. The molecule has 0 bridgehead atoms. The molecule has 0 atom stereocenters. The summed E-state index contributed by atoms with van der Waals surface area (Å²) in [5, 5.41) is 4.61. The fourth-order valence-electron chi connectivity index (χ4n) is 2.80. The van der Waals surface area contributed by atoms with Gasteiger partial charge in [-0.3, -0.25) is 4.79 Å². The fraction of sp³-hybridized carbons (Fsp3) is 0.263. The number of methoxy groups -OCH3 is 1. The van der Waals surface area contributed by atoms with Crippen LogP contribution in [0.2, 0.25) is 5.02 Å². The summed E-state index contributed by atoms with van der Waals surface area (Å²) < 4.78 is 5.46. The van der Waals surface area contributed by atoms with Crippen molar-refractivity contribution in [2.45, 2.75) is 12.8 Å². The minimum Gasteiger partial charge on any atom is -0.496 e. The molecule has 1 N–H and O–H groups in total. The maximum Gasteiger partial charge on any atom is 0.271 e. The van der Waals surface area contributed by atoms with Crippen molar-refractivity contribution in [2.24, 2.45) is 5.10 Å². The summed E-state index contributed by atoms with van der Waals surface area (Å²) in [4.78, 5) is 14.4. The third kappa shape index (κ3) is 4.31. The smallest absolute Gasteiger partial charge is 0.271 e. The van der Waals surface area contributed by atoms with Crippen molar-refractivity contribution in [1.82, 2.24) is 5.43 Å². The summed E-state index contributed by atoms with van der Waals surface area (Å²) >= 11 is 5.82. The van der Waals surface area contributed by atoms with Gasteiger partial charge in [0.1, 0.15) is 5.75 Å².